The first-order valence-corrected chi connectivity index (χ1v) is 5.95. The van der Waals surface area contributed by atoms with E-state index >= 15 is 0 Å². The van der Waals surface area contributed by atoms with Crippen LogP contribution in [0.25, 0.3) is 0 Å². The smallest absolute Gasteiger partial charge is 0.255 e. The van der Waals surface area contributed by atoms with Gasteiger partial charge in [0, 0.05) is 25.9 Å². The van der Waals surface area contributed by atoms with Crippen molar-refractivity contribution in [2.45, 2.75) is 13.8 Å². The van der Waals surface area contributed by atoms with E-state index in [1.54, 1.807) is 18.3 Å². The van der Waals surface area contributed by atoms with Crippen LogP contribution in [0.15, 0.2) is 18.3 Å². The molecule has 2 aromatic heterocycles. The average Bonchev–Trinajstić information content (AvgIpc) is 2.70. The van der Waals surface area contributed by atoms with Crippen LogP contribution >= 0.6 is 0 Å². The van der Waals surface area contributed by atoms with E-state index in [0.29, 0.717) is 5.56 Å². The Morgan fingerprint density at radius 2 is 2.11 bits per heavy atom. The maximum atomic E-state index is 12.2. The van der Waals surface area contributed by atoms with Gasteiger partial charge in [-0.05, 0) is 26.0 Å². The second-order valence-corrected chi connectivity index (χ2v) is 4.56. The molecule has 0 spiro atoms. The minimum absolute atomic E-state index is 0.168. The standard InChI is InChI=1S/C13H17N5O/c1-8-12(9(2)17-16-8)15-13(19)10-5-6-14-11(7-10)18(3)4/h5-7H,1-4H3,(H,15,19)(H,16,17). The van der Waals surface area contributed by atoms with Gasteiger partial charge in [0.05, 0.1) is 17.1 Å². The van der Waals surface area contributed by atoms with Gasteiger partial charge >= 0.3 is 0 Å². The van der Waals surface area contributed by atoms with Crippen molar-refractivity contribution in [3.8, 4) is 0 Å². The molecule has 0 fully saturated rings. The third-order valence-electron chi connectivity index (χ3n) is 2.83. The van der Waals surface area contributed by atoms with Crippen molar-refractivity contribution in [3.63, 3.8) is 0 Å². The number of hydrogen-bond acceptors (Lipinski definition) is 4. The molecule has 0 saturated carbocycles. The molecule has 2 aromatic rings. The number of carbonyl (C=O) groups is 1. The lowest BCUT2D eigenvalue weighted by Crippen LogP contribution is -2.15. The molecule has 2 heterocycles. The van der Waals surface area contributed by atoms with Crippen molar-refractivity contribution in [2.24, 2.45) is 0 Å². The number of nitrogens with one attached hydrogen (secondary N) is 2. The lowest BCUT2D eigenvalue weighted by molar-refractivity contribution is 0.102. The number of aromatic nitrogens is 3. The summed E-state index contributed by atoms with van der Waals surface area (Å²) in [6.07, 6.45) is 1.62. The number of H-pyrrole nitrogens is 1. The Morgan fingerprint density at radius 3 is 2.68 bits per heavy atom. The molecule has 0 saturated heterocycles. The third kappa shape index (κ3) is 2.73. The van der Waals surface area contributed by atoms with Crippen molar-refractivity contribution in [1.29, 1.82) is 0 Å². The van der Waals surface area contributed by atoms with Gasteiger partial charge < -0.3 is 10.2 Å². The molecule has 0 atom stereocenters. The Kier molecular flexibility index (Phi) is 3.50. The second kappa shape index (κ2) is 5.09. The van der Waals surface area contributed by atoms with Gasteiger partial charge in [0.1, 0.15) is 5.82 Å². The molecular weight excluding hydrogens is 242 g/mol. The average molecular weight is 259 g/mol. The molecule has 0 aromatic carbocycles. The zero-order valence-electron chi connectivity index (χ0n) is 11.5. The first-order chi connectivity index (χ1) is 8.99. The molecule has 2 N–H and O–H groups in total. The SMILES string of the molecule is Cc1n[nH]c(C)c1NC(=O)c1ccnc(N(C)C)c1. The summed E-state index contributed by atoms with van der Waals surface area (Å²) in [5.74, 6) is 0.575. The van der Waals surface area contributed by atoms with Gasteiger partial charge in [-0.1, -0.05) is 0 Å². The molecule has 19 heavy (non-hydrogen) atoms. The Hall–Kier alpha value is -2.37. The monoisotopic (exact) mass is 259 g/mol. The van der Waals surface area contributed by atoms with Gasteiger partial charge in [-0.25, -0.2) is 4.98 Å². The van der Waals surface area contributed by atoms with E-state index in [9.17, 15) is 4.79 Å². The number of rotatable bonds is 3. The van der Waals surface area contributed by atoms with E-state index in [0.717, 1.165) is 22.9 Å². The summed E-state index contributed by atoms with van der Waals surface area (Å²) < 4.78 is 0. The van der Waals surface area contributed by atoms with Crippen molar-refractivity contribution in [3.05, 3.63) is 35.3 Å². The van der Waals surface area contributed by atoms with Crippen LogP contribution < -0.4 is 10.2 Å². The third-order valence-corrected chi connectivity index (χ3v) is 2.83. The Morgan fingerprint density at radius 1 is 1.37 bits per heavy atom. The predicted molar refractivity (Wildman–Crippen MR) is 74.6 cm³/mol. The number of amides is 1. The molecular formula is C13H17N5O. The lowest BCUT2D eigenvalue weighted by Gasteiger charge is -2.12. The van der Waals surface area contributed by atoms with Crippen LogP contribution in [0.4, 0.5) is 11.5 Å². The summed E-state index contributed by atoms with van der Waals surface area (Å²) in [6, 6.07) is 3.44. The van der Waals surface area contributed by atoms with Gasteiger partial charge in [-0.2, -0.15) is 5.10 Å². The topological polar surface area (TPSA) is 73.9 Å². The number of carbonyl (C=O) groups excluding carboxylic acids is 1. The van der Waals surface area contributed by atoms with Crippen LogP contribution in [0.3, 0.4) is 0 Å². The zero-order valence-corrected chi connectivity index (χ0v) is 11.5. The summed E-state index contributed by atoms with van der Waals surface area (Å²) in [6.45, 7) is 3.71. The fourth-order valence-corrected chi connectivity index (χ4v) is 1.72. The Bertz CT molecular complexity index is 583. The number of aryl methyl sites for hydroxylation is 2. The molecule has 6 nitrogen and oxygen atoms in total. The van der Waals surface area contributed by atoms with Gasteiger partial charge in [0.25, 0.3) is 5.91 Å². The van der Waals surface area contributed by atoms with Crippen molar-refractivity contribution in [1.82, 2.24) is 15.2 Å². The van der Waals surface area contributed by atoms with Crippen LogP contribution in [-0.2, 0) is 0 Å². The summed E-state index contributed by atoms with van der Waals surface area (Å²) in [5, 5.41) is 9.75. The zero-order chi connectivity index (χ0) is 14.0. The molecule has 1 amide bonds. The Labute approximate surface area is 111 Å². The number of aromatic amines is 1. The maximum Gasteiger partial charge on any atom is 0.255 e. The lowest BCUT2D eigenvalue weighted by atomic mass is 10.2. The van der Waals surface area contributed by atoms with Crippen LogP contribution in [0.5, 0.6) is 0 Å². The highest BCUT2D eigenvalue weighted by molar-refractivity contribution is 6.05. The van der Waals surface area contributed by atoms with Crippen LogP contribution in [0, 0.1) is 13.8 Å². The van der Waals surface area contributed by atoms with Crippen LogP contribution in [0.2, 0.25) is 0 Å². The minimum atomic E-state index is -0.168. The summed E-state index contributed by atoms with van der Waals surface area (Å²) in [7, 11) is 3.77. The quantitative estimate of drug-likeness (QED) is 0.880. The second-order valence-electron chi connectivity index (χ2n) is 4.56. The van der Waals surface area contributed by atoms with Gasteiger partial charge in [-0.3, -0.25) is 9.89 Å². The molecule has 0 aliphatic carbocycles. The molecule has 0 radical (unpaired) electrons. The van der Waals surface area contributed by atoms with Crippen LogP contribution in [-0.4, -0.2) is 35.2 Å². The van der Waals surface area contributed by atoms with Crippen molar-refractivity contribution >= 4 is 17.4 Å². The highest BCUT2D eigenvalue weighted by Gasteiger charge is 2.12. The van der Waals surface area contributed by atoms with E-state index in [4.69, 9.17) is 0 Å². The van der Waals surface area contributed by atoms with E-state index in [1.165, 1.54) is 0 Å². The summed E-state index contributed by atoms with van der Waals surface area (Å²) >= 11 is 0. The number of hydrogen-bond donors (Lipinski definition) is 2. The molecule has 2 rings (SSSR count). The molecule has 0 unspecified atom stereocenters. The number of pyridine rings is 1. The fraction of sp³-hybridized carbons (Fsp3) is 0.308. The first-order valence-electron chi connectivity index (χ1n) is 5.95. The predicted octanol–water partition coefficient (Wildman–Crippen LogP) is 1.74. The minimum Gasteiger partial charge on any atom is -0.363 e. The normalized spacial score (nSPS) is 10.3. The Balaban J connectivity index is 2.23. The van der Waals surface area contributed by atoms with E-state index in [2.05, 4.69) is 20.5 Å². The summed E-state index contributed by atoms with van der Waals surface area (Å²) in [4.78, 5) is 18.2. The van der Waals surface area contributed by atoms with E-state index in [-0.39, 0.29) is 5.91 Å². The maximum absolute atomic E-state index is 12.2. The molecule has 100 valence electrons. The van der Waals surface area contributed by atoms with Gasteiger partial charge in [0.15, 0.2) is 0 Å². The highest BCUT2D eigenvalue weighted by atomic mass is 16.1. The van der Waals surface area contributed by atoms with Crippen molar-refractivity contribution in [2.75, 3.05) is 24.3 Å². The molecule has 0 aliphatic heterocycles. The summed E-state index contributed by atoms with van der Waals surface area (Å²) in [5.41, 5.74) is 2.91. The number of nitrogens with zero attached hydrogens (tertiary/aromatic N) is 3. The first kappa shape index (κ1) is 13.1. The fourth-order valence-electron chi connectivity index (χ4n) is 1.72. The van der Waals surface area contributed by atoms with E-state index in [1.807, 2.05) is 32.8 Å². The van der Waals surface area contributed by atoms with Crippen LogP contribution in [0.1, 0.15) is 21.7 Å². The largest absolute Gasteiger partial charge is 0.363 e. The molecule has 6 heteroatoms. The number of anilines is 2. The molecule has 0 aliphatic rings. The van der Waals surface area contributed by atoms with Crippen molar-refractivity contribution < 1.29 is 4.79 Å². The highest BCUT2D eigenvalue weighted by Crippen LogP contribution is 2.18. The van der Waals surface area contributed by atoms with Gasteiger partial charge in [0.2, 0.25) is 0 Å². The van der Waals surface area contributed by atoms with Gasteiger partial charge in [-0.15, -0.1) is 0 Å². The molecule has 0 bridgehead atoms. The van der Waals surface area contributed by atoms with E-state index < -0.39 is 0 Å².